The Balaban J connectivity index is 2.01. The van der Waals surface area contributed by atoms with Crippen molar-refractivity contribution in [1.29, 1.82) is 0 Å². The van der Waals surface area contributed by atoms with Crippen LogP contribution in [0.15, 0.2) is 30.3 Å². The van der Waals surface area contributed by atoms with Crippen molar-refractivity contribution >= 4 is 5.97 Å². The highest BCUT2D eigenvalue weighted by Crippen LogP contribution is 2.09. The summed E-state index contributed by atoms with van der Waals surface area (Å²) in [4.78, 5) is 11.9. The summed E-state index contributed by atoms with van der Waals surface area (Å²) in [6.45, 7) is 4.88. The lowest BCUT2D eigenvalue weighted by molar-refractivity contribution is -0.909. The van der Waals surface area contributed by atoms with E-state index in [1.54, 1.807) is 12.1 Å². The summed E-state index contributed by atoms with van der Waals surface area (Å²) >= 11 is 0. The molecule has 148 valence electrons. The Labute approximate surface area is 160 Å². The van der Waals surface area contributed by atoms with E-state index >= 15 is 0 Å². The van der Waals surface area contributed by atoms with Crippen molar-refractivity contribution in [3.63, 3.8) is 0 Å². The van der Waals surface area contributed by atoms with Crippen LogP contribution in [0.2, 0.25) is 0 Å². The second-order valence-electron chi connectivity index (χ2n) is 7.67. The number of esters is 1. The van der Waals surface area contributed by atoms with Gasteiger partial charge in [-0.3, -0.25) is 0 Å². The van der Waals surface area contributed by atoms with E-state index in [1.165, 1.54) is 44.9 Å². The molecule has 0 unspecified atom stereocenters. The molecule has 26 heavy (non-hydrogen) atoms. The number of benzene rings is 1. The zero-order valence-corrected chi connectivity index (χ0v) is 17.0. The lowest BCUT2D eigenvalue weighted by Crippen LogP contribution is -2.44. The van der Waals surface area contributed by atoms with Gasteiger partial charge in [-0.1, -0.05) is 70.1 Å². The molecule has 1 rings (SSSR count). The van der Waals surface area contributed by atoms with Crippen molar-refractivity contribution < 1.29 is 18.8 Å². The molecule has 1 aromatic rings. The predicted molar refractivity (Wildman–Crippen MR) is 107 cm³/mol. The van der Waals surface area contributed by atoms with Crippen LogP contribution in [0.4, 0.5) is 0 Å². The molecule has 0 saturated carbocycles. The van der Waals surface area contributed by atoms with Gasteiger partial charge in [-0.05, 0) is 18.6 Å². The number of likely N-dealkylation sites (N-methyl/N-ethyl adjacent to an activating group) is 1. The van der Waals surface area contributed by atoms with Gasteiger partial charge in [0.1, 0.15) is 13.2 Å². The standard InChI is InChI=1S/C22H38NO3/c1-4-5-6-7-8-9-10-14-18-25-20-23(2,3)17-19-26-22(24)21-15-12-11-13-16-21/h11-13,15-16H,4-10,14,17-20H2,1-3H3/q+1. The zero-order valence-electron chi connectivity index (χ0n) is 17.0. The van der Waals surface area contributed by atoms with Crippen molar-refractivity contribution in [3.05, 3.63) is 35.9 Å². The molecule has 0 N–H and O–H groups in total. The largest absolute Gasteiger partial charge is 0.456 e. The van der Waals surface area contributed by atoms with E-state index in [4.69, 9.17) is 9.47 Å². The monoisotopic (exact) mass is 364 g/mol. The molecule has 1 aromatic carbocycles. The molecular weight excluding hydrogens is 326 g/mol. The quantitative estimate of drug-likeness (QED) is 0.189. The van der Waals surface area contributed by atoms with Crippen LogP contribution in [0.3, 0.4) is 0 Å². The number of hydrogen-bond donors (Lipinski definition) is 0. The maximum Gasteiger partial charge on any atom is 0.338 e. The molecule has 0 atom stereocenters. The van der Waals surface area contributed by atoms with Gasteiger partial charge in [0.2, 0.25) is 0 Å². The Bertz CT molecular complexity index is 474. The minimum atomic E-state index is -0.259. The van der Waals surface area contributed by atoms with Crippen LogP contribution < -0.4 is 0 Å². The van der Waals surface area contributed by atoms with E-state index in [1.807, 2.05) is 18.2 Å². The van der Waals surface area contributed by atoms with Crippen LogP contribution in [-0.2, 0) is 9.47 Å². The Morgan fingerprint density at radius 1 is 0.885 bits per heavy atom. The molecule has 0 spiro atoms. The number of hydrogen-bond acceptors (Lipinski definition) is 3. The average molecular weight is 365 g/mol. The number of nitrogens with zero attached hydrogens (tertiary/aromatic N) is 1. The average Bonchev–Trinajstić information content (AvgIpc) is 2.63. The second kappa shape index (κ2) is 13.8. The molecule has 0 radical (unpaired) electrons. The van der Waals surface area contributed by atoms with Crippen molar-refractivity contribution in [2.24, 2.45) is 0 Å². The van der Waals surface area contributed by atoms with Gasteiger partial charge in [-0.25, -0.2) is 4.79 Å². The number of quaternary nitrogens is 1. The van der Waals surface area contributed by atoms with Gasteiger partial charge in [0, 0.05) is 0 Å². The molecule has 4 heteroatoms. The molecular formula is C22H38NO3+. The SMILES string of the molecule is CCCCCCCCCCOC[N+](C)(C)CCOC(=O)c1ccccc1. The molecule has 0 heterocycles. The third-order valence-electron chi connectivity index (χ3n) is 4.52. The van der Waals surface area contributed by atoms with Crippen molar-refractivity contribution in [2.45, 2.75) is 58.3 Å². The normalized spacial score (nSPS) is 11.5. The maximum absolute atomic E-state index is 11.9. The lowest BCUT2D eigenvalue weighted by Gasteiger charge is -2.28. The van der Waals surface area contributed by atoms with E-state index in [9.17, 15) is 4.79 Å². The van der Waals surface area contributed by atoms with Gasteiger partial charge in [0.25, 0.3) is 0 Å². The van der Waals surface area contributed by atoms with E-state index in [0.717, 1.165) is 19.6 Å². The Kier molecular flexibility index (Phi) is 12.0. The second-order valence-corrected chi connectivity index (χ2v) is 7.67. The minimum absolute atomic E-state index is 0.259. The maximum atomic E-state index is 11.9. The Morgan fingerprint density at radius 2 is 1.50 bits per heavy atom. The number of carbonyl (C=O) groups is 1. The van der Waals surface area contributed by atoms with Gasteiger partial charge < -0.3 is 14.0 Å². The Morgan fingerprint density at radius 3 is 2.15 bits per heavy atom. The van der Waals surface area contributed by atoms with Crippen molar-refractivity contribution in [1.82, 2.24) is 0 Å². The number of unbranched alkanes of at least 4 members (excludes halogenated alkanes) is 7. The lowest BCUT2D eigenvalue weighted by atomic mass is 10.1. The fourth-order valence-corrected chi connectivity index (χ4v) is 2.76. The van der Waals surface area contributed by atoms with E-state index in [0.29, 0.717) is 23.4 Å². The fourth-order valence-electron chi connectivity index (χ4n) is 2.76. The summed E-state index contributed by atoms with van der Waals surface area (Å²) in [6.07, 6.45) is 10.5. The molecule has 0 aliphatic heterocycles. The highest BCUT2D eigenvalue weighted by Gasteiger charge is 2.16. The third kappa shape index (κ3) is 11.3. The molecule has 0 aliphatic carbocycles. The first-order valence-corrected chi connectivity index (χ1v) is 10.2. The van der Waals surface area contributed by atoms with Gasteiger partial charge in [0.05, 0.1) is 26.3 Å². The zero-order chi connectivity index (χ0) is 19.1. The molecule has 0 saturated heterocycles. The van der Waals surface area contributed by atoms with Crippen LogP contribution in [0, 0.1) is 0 Å². The topological polar surface area (TPSA) is 35.5 Å². The Hall–Kier alpha value is -1.39. The number of rotatable bonds is 15. The first kappa shape index (κ1) is 22.7. The summed E-state index contributed by atoms with van der Waals surface area (Å²) in [5.41, 5.74) is 0.601. The van der Waals surface area contributed by atoms with Crippen LogP contribution in [0.5, 0.6) is 0 Å². The fraction of sp³-hybridized carbons (Fsp3) is 0.682. The van der Waals surface area contributed by atoms with Crippen LogP contribution in [-0.4, -0.2) is 51.0 Å². The van der Waals surface area contributed by atoms with Gasteiger partial charge in [-0.2, -0.15) is 0 Å². The summed E-state index contributed by atoms with van der Waals surface area (Å²) in [6, 6.07) is 9.12. The predicted octanol–water partition coefficient (Wildman–Crippen LogP) is 5.03. The van der Waals surface area contributed by atoms with Gasteiger partial charge in [0.15, 0.2) is 6.73 Å². The number of carbonyl (C=O) groups excluding carboxylic acids is 1. The summed E-state index contributed by atoms with van der Waals surface area (Å²) in [5, 5.41) is 0. The van der Waals surface area contributed by atoms with E-state index in [-0.39, 0.29) is 5.97 Å². The molecule has 0 aliphatic rings. The first-order chi connectivity index (χ1) is 12.5. The summed E-state index contributed by atoms with van der Waals surface area (Å²) < 4.78 is 11.9. The van der Waals surface area contributed by atoms with E-state index < -0.39 is 0 Å². The highest BCUT2D eigenvalue weighted by atomic mass is 16.5. The third-order valence-corrected chi connectivity index (χ3v) is 4.52. The molecule has 0 bridgehead atoms. The van der Waals surface area contributed by atoms with Gasteiger partial charge >= 0.3 is 5.97 Å². The van der Waals surface area contributed by atoms with Crippen molar-refractivity contribution in [3.8, 4) is 0 Å². The summed E-state index contributed by atoms with van der Waals surface area (Å²) in [7, 11) is 4.20. The number of ether oxygens (including phenoxy) is 2. The van der Waals surface area contributed by atoms with Crippen LogP contribution in [0.1, 0.15) is 68.6 Å². The smallest absolute Gasteiger partial charge is 0.338 e. The van der Waals surface area contributed by atoms with Crippen molar-refractivity contribution in [2.75, 3.05) is 40.6 Å². The highest BCUT2D eigenvalue weighted by molar-refractivity contribution is 5.89. The van der Waals surface area contributed by atoms with Crippen LogP contribution >= 0.6 is 0 Å². The molecule has 0 aromatic heterocycles. The first-order valence-electron chi connectivity index (χ1n) is 10.2. The molecule has 0 fully saturated rings. The summed E-state index contributed by atoms with van der Waals surface area (Å²) in [5.74, 6) is -0.259. The molecule has 4 nitrogen and oxygen atoms in total. The van der Waals surface area contributed by atoms with E-state index in [2.05, 4.69) is 21.0 Å². The van der Waals surface area contributed by atoms with Gasteiger partial charge in [-0.15, -0.1) is 0 Å². The molecule has 0 amide bonds. The van der Waals surface area contributed by atoms with Crippen LogP contribution in [0.25, 0.3) is 0 Å². The minimum Gasteiger partial charge on any atom is -0.456 e.